The Balaban J connectivity index is 0.00000320. The summed E-state index contributed by atoms with van der Waals surface area (Å²) in [5, 5.41) is 2.20. The smallest absolute Gasteiger partial charge is 0.331 e. The van der Waals surface area contributed by atoms with Gasteiger partial charge in [-0.1, -0.05) is 0 Å². The first-order chi connectivity index (χ1) is 14.0. The predicted octanol–water partition coefficient (Wildman–Crippen LogP) is 3.22. The first-order valence-corrected chi connectivity index (χ1v) is 9.32. The van der Waals surface area contributed by atoms with E-state index in [1.54, 1.807) is 18.2 Å². The molecule has 3 rings (SSSR count). The van der Waals surface area contributed by atoms with Crippen LogP contribution in [0.3, 0.4) is 0 Å². The first kappa shape index (κ1) is 23.0. The number of methoxy groups -OCH3 is 1. The molecule has 0 spiro atoms. The number of benzene rings is 1. The number of ether oxygens (including phenoxy) is 1. The summed E-state index contributed by atoms with van der Waals surface area (Å²) in [5.74, 6) is -0.476. The lowest BCUT2D eigenvalue weighted by Gasteiger charge is -2.26. The Hall–Kier alpha value is -3.26. The van der Waals surface area contributed by atoms with Crippen molar-refractivity contribution in [1.29, 1.82) is 0 Å². The van der Waals surface area contributed by atoms with Gasteiger partial charge in [0.25, 0.3) is 11.8 Å². The lowest BCUT2D eigenvalue weighted by atomic mass is 10.1. The summed E-state index contributed by atoms with van der Waals surface area (Å²) in [7, 11) is 1.53. The van der Waals surface area contributed by atoms with Crippen LogP contribution in [0.5, 0.6) is 5.75 Å². The van der Waals surface area contributed by atoms with Crippen LogP contribution in [0.25, 0.3) is 6.08 Å². The topological polar surface area (TPSA) is 92.1 Å². The molecular weight excluding hydrogens is 410 g/mol. The molecule has 1 N–H and O–H groups in total. The van der Waals surface area contributed by atoms with E-state index in [-0.39, 0.29) is 24.5 Å². The van der Waals surface area contributed by atoms with Crippen molar-refractivity contribution in [3.8, 4) is 5.75 Å². The Morgan fingerprint density at radius 2 is 1.90 bits per heavy atom. The van der Waals surface area contributed by atoms with Gasteiger partial charge in [0.1, 0.15) is 17.1 Å². The first-order valence-electron chi connectivity index (χ1n) is 9.32. The number of urea groups is 1. The Labute approximate surface area is 180 Å². The summed E-state index contributed by atoms with van der Waals surface area (Å²) in [4.78, 5) is 40.4. The summed E-state index contributed by atoms with van der Waals surface area (Å²) < 4.78 is 10.7. The Kier molecular flexibility index (Phi) is 7.66. The van der Waals surface area contributed by atoms with Gasteiger partial charge in [0.05, 0.1) is 19.9 Å². The minimum Gasteiger partial charge on any atom is -0.496 e. The normalized spacial score (nSPS) is 15.1. The maximum atomic E-state index is 12.8. The van der Waals surface area contributed by atoms with Crippen LogP contribution in [-0.2, 0) is 16.1 Å². The third-order valence-electron chi connectivity index (χ3n) is 4.73. The number of halogens is 1. The molecule has 0 atom stereocenters. The molecule has 4 amide bonds. The molecule has 1 aromatic carbocycles. The van der Waals surface area contributed by atoms with Crippen LogP contribution in [0.15, 0.2) is 46.6 Å². The van der Waals surface area contributed by atoms with E-state index in [4.69, 9.17) is 9.15 Å². The zero-order valence-electron chi connectivity index (χ0n) is 17.0. The second-order valence-electron chi connectivity index (χ2n) is 6.39. The van der Waals surface area contributed by atoms with Gasteiger partial charge in [-0.15, -0.1) is 12.4 Å². The number of imide groups is 2. The maximum absolute atomic E-state index is 12.8. The fourth-order valence-corrected chi connectivity index (χ4v) is 3.16. The zero-order valence-corrected chi connectivity index (χ0v) is 17.8. The average molecular weight is 434 g/mol. The lowest BCUT2D eigenvalue weighted by molar-refractivity contribution is -0.130. The van der Waals surface area contributed by atoms with E-state index in [0.717, 1.165) is 23.7 Å². The van der Waals surface area contributed by atoms with Crippen molar-refractivity contribution in [1.82, 2.24) is 10.2 Å². The van der Waals surface area contributed by atoms with E-state index >= 15 is 0 Å². The quantitative estimate of drug-likeness (QED) is 0.532. The summed E-state index contributed by atoms with van der Waals surface area (Å²) in [6, 6.07) is 8.07. The third kappa shape index (κ3) is 4.65. The molecule has 0 radical (unpaired) electrons. The number of carbonyl (C=O) groups is 3. The van der Waals surface area contributed by atoms with E-state index in [1.807, 2.05) is 12.1 Å². The van der Waals surface area contributed by atoms with Gasteiger partial charge in [0, 0.05) is 30.4 Å². The largest absolute Gasteiger partial charge is 0.496 e. The number of hydrogen-bond acceptors (Lipinski definition) is 6. The summed E-state index contributed by atoms with van der Waals surface area (Å²) in [6.07, 6.45) is 2.88. The van der Waals surface area contributed by atoms with Gasteiger partial charge in [0.15, 0.2) is 0 Å². The second-order valence-corrected chi connectivity index (χ2v) is 6.39. The van der Waals surface area contributed by atoms with Gasteiger partial charge in [-0.2, -0.15) is 0 Å². The monoisotopic (exact) mass is 433 g/mol. The fourth-order valence-electron chi connectivity index (χ4n) is 3.16. The summed E-state index contributed by atoms with van der Waals surface area (Å²) in [5.41, 5.74) is 1.39. The van der Waals surface area contributed by atoms with Crippen LogP contribution in [0.4, 0.5) is 10.5 Å². The molecule has 1 aromatic heterocycles. The molecule has 2 aromatic rings. The van der Waals surface area contributed by atoms with Crippen LogP contribution in [0, 0.1) is 0 Å². The highest BCUT2D eigenvalue weighted by molar-refractivity contribution is 6.31. The van der Waals surface area contributed by atoms with Crippen LogP contribution in [0.2, 0.25) is 0 Å². The molecule has 0 unspecified atom stereocenters. The third-order valence-corrected chi connectivity index (χ3v) is 4.73. The molecule has 160 valence electrons. The predicted molar refractivity (Wildman–Crippen MR) is 115 cm³/mol. The lowest BCUT2D eigenvalue weighted by Crippen LogP contribution is -2.53. The molecular formula is C21H24ClN3O5. The minimum atomic E-state index is -0.780. The Morgan fingerprint density at radius 3 is 2.50 bits per heavy atom. The number of barbiturate groups is 1. The molecule has 1 fully saturated rings. The number of amides is 4. The van der Waals surface area contributed by atoms with Crippen LogP contribution >= 0.6 is 12.4 Å². The standard InChI is InChI=1S/C21H23N3O5.ClH/c1-4-23(5-2)15-9-8-14(18(12-15)28-3)11-17-19(25)22-21(27)24(20(17)26)13-16-7-6-10-29-16;/h6-12H,4-5,13H2,1-3H3,(H,22,25,27);1H/b17-11-;. The average Bonchev–Trinajstić information content (AvgIpc) is 3.23. The number of anilines is 1. The second kappa shape index (κ2) is 9.98. The van der Waals surface area contributed by atoms with Crippen LogP contribution < -0.4 is 15.0 Å². The zero-order chi connectivity index (χ0) is 21.0. The number of carbonyl (C=O) groups excluding carboxylic acids is 3. The molecule has 9 heteroatoms. The molecule has 30 heavy (non-hydrogen) atoms. The van der Waals surface area contributed by atoms with E-state index in [2.05, 4.69) is 24.1 Å². The van der Waals surface area contributed by atoms with Crippen molar-refractivity contribution in [2.24, 2.45) is 0 Å². The number of nitrogens with one attached hydrogen (secondary N) is 1. The van der Waals surface area contributed by atoms with E-state index < -0.39 is 17.8 Å². The molecule has 0 aliphatic carbocycles. The molecule has 1 saturated heterocycles. The van der Waals surface area contributed by atoms with Crippen molar-refractivity contribution in [2.75, 3.05) is 25.1 Å². The van der Waals surface area contributed by atoms with Gasteiger partial charge in [0.2, 0.25) is 0 Å². The molecule has 1 aliphatic rings. The van der Waals surface area contributed by atoms with Crippen LogP contribution in [-0.4, -0.2) is 42.9 Å². The highest BCUT2D eigenvalue weighted by Crippen LogP contribution is 2.28. The molecule has 2 heterocycles. The number of hydrogen-bond donors (Lipinski definition) is 1. The number of rotatable bonds is 7. The molecule has 1 aliphatic heterocycles. The van der Waals surface area contributed by atoms with Gasteiger partial charge in [-0.25, -0.2) is 4.79 Å². The van der Waals surface area contributed by atoms with E-state index in [9.17, 15) is 14.4 Å². The Bertz CT molecular complexity index is 952. The van der Waals surface area contributed by atoms with Gasteiger partial charge in [-0.05, 0) is 44.2 Å². The maximum Gasteiger partial charge on any atom is 0.331 e. The van der Waals surface area contributed by atoms with Crippen molar-refractivity contribution in [3.63, 3.8) is 0 Å². The van der Waals surface area contributed by atoms with E-state index in [0.29, 0.717) is 17.1 Å². The SMILES string of the molecule is CCN(CC)c1ccc(/C=C2/C(=O)NC(=O)N(Cc3ccco3)C2=O)c(OC)c1.Cl. The van der Waals surface area contributed by atoms with Crippen molar-refractivity contribution in [2.45, 2.75) is 20.4 Å². The van der Waals surface area contributed by atoms with Crippen molar-refractivity contribution in [3.05, 3.63) is 53.5 Å². The Morgan fingerprint density at radius 1 is 1.17 bits per heavy atom. The molecule has 0 saturated carbocycles. The summed E-state index contributed by atoms with van der Waals surface area (Å²) >= 11 is 0. The highest BCUT2D eigenvalue weighted by atomic mass is 35.5. The number of furan rings is 1. The summed E-state index contributed by atoms with van der Waals surface area (Å²) in [6.45, 7) is 5.72. The van der Waals surface area contributed by atoms with Crippen molar-refractivity contribution >= 4 is 42.0 Å². The minimum absolute atomic E-state index is 0. The van der Waals surface area contributed by atoms with Crippen LogP contribution in [0.1, 0.15) is 25.2 Å². The van der Waals surface area contributed by atoms with Gasteiger partial charge in [-0.3, -0.25) is 19.8 Å². The number of nitrogens with zero attached hydrogens (tertiary/aromatic N) is 2. The van der Waals surface area contributed by atoms with E-state index in [1.165, 1.54) is 19.4 Å². The van der Waals surface area contributed by atoms with Crippen molar-refractivity contribution < 1.29 is 23.5 Å². The highest BCUT2D eigenvalue weighted by Gasteiger charge is 2.36. The fraction of sp³-hybridized carbons (Fsp3) is 0.286. The molecule has 0 bridgehead atoms. The molecule has 8 nitrogen and oxygen atoms in total. The van der Waals surface area contributed by atoms with Gasteiger partial charge >= 0.3 is 6.03 Å². The van der Waals surface area contributed by atoms with Gasteiger partial charge < -0.3 is 14.1 Å².